The van der Waals surface area contributed by atoms with E-state index >= 15 is 0 Å². The summed E-state index contributed by atoms with van der Waals surface area (Å²) < 4.78 is 7.25. The predicted octanol–water partition coefficient (Wildman–Crippen LogP) is 0.939. The van der Waals surface area contributed by atoms with Gasteiger partial charge in [-0.05, 0) is 33.1 Å². The summed E-state index contributed by atoms with van der Waals surface area (Å²) in [5.41, 5.74) is 1.68. The highest BCUT2D eigenvalue weighted by Gasteiger charge is 2.13. The van der Waals surface area contributed by atoms with Crippen LogP contribution in [0.25, 0.3) is 0 Å². The average molecular weight is 283 g/mol. The first-order valence-electron chi connectivity index (χ1n) is 6.89. The molecule has 0 aromatic carbocycles. The van der Waals surface area contributed by atoms with E-state index in [-0.39, 0.29) is 24.5 Å². The highest BCUT2D eigenvalue weighted by atomic mass is 16.5. The van der Waals surface area contributed by atoms with Crippen LogP contribution in [0, 0.1) is 19.8 Å². The molecule has 1 aromatic rings. The Morgan fingerprint density at radius 1 is 1.45 bits per heavy atom. The molecule has 20 heavy (non-hydrogen) atoms. The molecule has 0 aliphatic rings. The van der Waals surface area contributed by atoms with Crippen LogP contribution in [0.15, 0.2) is 0 Å². The van der Waals surface area contributed by atoms with Crippen LogP contribution < -0.4 is 10.1 Å². The van der Waals surface area contributed by atoms with Crippen molar-refractivity contribution in [3.63, 3.8) is 0 Å². The van der Waals surface area contributed by atoms with Crippen LogP contribution in [-0.4, -0.2) is 40.0 Å². The zero-order valence-electron chi connectivity index (χ0n) is 12.9. The number of ether oxygens (including phenoxy) is 1. The number of nitrogens with one attached hydrogen (secondary N) is 1. The number of rotatable bonds is 7. The highest BCUT2D eigenvalue weighted by molar-refractivity contribution is 5.77. The van der Waals surface area contributed by atoms with Crippen molar-refractivity contribution in [2.45, 2.75) is 40.2 Å². The number of aliphatic hydroxyl groups is 1. The van der Waals surface area contributed by atoms with E-state index < -0.39 is 0 Å². The van der Waals surface area contributed by atoms with Crippen LogP contribution in [0.2, 0.25) is 0 Å². The van der Waals surface area contributed by atoms with E-state index in [2.05, 4.69) is 10.4 Å². The van der Waals surface area contributed by atoms with E-state index in [9.17, 15) is 9.90 Å². The van der Waals surface area contributed by atoms with Gasteiger partial charge in [0.15, 0.2) is 12.4 Å². The highest BCUT2D eigenvalue weighted by Crippen LogP contribution is 2.20. The Bertz CT molecular complexity index is 455. The molecular weight excluding hydrogens is 258 g/mol. The first-order valence-corrected chi connectivity index (χ1v) is 6.89. The van der Waals surface area contributed by atoms with Gasteiger partial charge >= 0.3 is 0 Å². The Morgan fingerprint density at radius 3 is 2.60 bits per heavy atom. The minimum Gasteiger partial charge on any atom is -0.480 e. The molecule has 0 spiro atoms. The Hall–Kier alpha value is -1.56. The molecule has 1 aromatic heterocycles. The van der Waals surface area contributed by atoms with Gasteiger partial charge in [-0.3, -0.25) is 9.48 Å². The van der Waals surface area contributed by atoms with Crippen molar-refractivity contribution in [2.75, 3.05) is 13.2 Å². The first kappa shape index (κ1) is 16.5. The summed E-state index contributed by atoms with van der Waals surface area (Å²) in [6.45, 7) is 8.01. The largest absolute Gasteiger partial charge is 0.480 e. The molecule has 6 heteroatoms. The van der Waals surface area contributed by atoms with Gasteiger partial charge in [-0.1, -0.05) is 6.92 Å². The van der Waals surface area contributed by atoms with Gasteiger partial charge in [0.25, 0.3) is 5.91 Å². The lowest BCUT2D eigenvalue weighted by molar-refractivity contribution is -0.123. The van der Waals surface area contributed by atoms with Crippen molar-refractivity contribution >= 4 is 5.91 Å². The van der Waals surface area contributed by atoms with Crippen LogP contribution in [0.4, 0.5) is 0 Å². The Kier molecular flexibility index (Phi) is 6.01. The fourth-order valence-corrected chi connectivity index (χ4v) is 2.11. The molecule has 114 valence electrons. The zero-order chi connectivity index (χ0) is 15.3. The van der Waals surface area contributed by atoms with E-state index in [0.717, 1.165) is 11.4 Å². The summed E-state index contributed by atoms with van der Waals surface area (Å²) >= 11 is 0. The first-order chi connectivity index (χ1) is 9.31. The summed E-state index contributed by atoms with van der Waals surface area (Å²) in [5, 5.41) is 16.3. The number of carbonyl (C=O) groups excluding carboxylic acids is 1. The van der Waals surface area contributed by atoms with Gasteiger partial charge in [-0.25, -0.2) is 0 Å². The summed E-state index contributed by atoms with van der Waals surface area (Å²) in [6.07, 6.45) is 0.320. The molecule has 1 heterocycles. The lowest BCUT2D eigenvalue weighted by Gasteiger charge is -2.14. The molecule has 0 fully saturated rings. The smallest absolute Gasteiger partial charge is 0.257 e. The van der Waals surface area contributed by atoms with Crippen LogP contribution in [-0.2, 0) is 11.8 Å². The van der Waals surface area contributed by atoms with Crippen molar-refractivity contribution in [1.29, 1.82) is 0 Å². The maximum atomic E-state index is 11.7. The number of nitrogens with zero attached hydrogens (tertiary/aromatic N) is 2. The second kappa shape index (κ2) is 7.28. The number of hydrogen-bond donors (Lipinski definition) is 2. The predicted molar refractivity (Wildman–Crippen MR) is 76.6 cm³/mol. The second-order valence-electron chi connectivity index (χ2n) is 5.41. The van der Waals surface area contributed by atoms with Crippen LogP contribution in [0.1, 0.15) is 31.7 Å². The SMILES string of the molecule is Cc1nn(C)c(C)c1OCC(=O)NCC(C)CC(C)O. The van der Waals surface area contributed by atoms with Gasteiger partial charge in [0.05, 0.1) is 11.8 Å². The molecule has 1 amide bonds. The molecule has 0 saturated heterocycles. The molecule has 1 rings (SSSR count). The molecule has 2 N–H and O–H groups in total. The third kappa shape index (κ3) is 4.85. The number of aryl methyl sites for hydroxylation is 2. The van der Waals surface area contributed by atoms with E-state index in [1.54, 1.807) is 11.6 Å². The molecule has 6 nitrogen and oxygen atoms in total. The molecule has 0 saturated carbocycles. The monoisotopic (exact) mass is 283 g/mol. The van der Waals surface area contributed by atoms with Crippen molar-refractivity contribution < 1.29 is 14.6 Å². The maximum absolute atomic E-state index is 11.7. The molecule has 2 atom stereocenters. The number of carbonyl (C=O) groups is 1. The Labute approximate surface area is 120 Å². The molecular formula is C14H25N3O3. The van der Waals surface area contributed by atoms with Crippen molar-refractivity contribution in [2.24, 2.45) is 13.0 Å². The third-order valence-corrected chi connectivity index (χ3v) is 3.18. The summed E-state index contributed by atoms with van der Waals surface area (Å²) in [7, 11) is 1.84. The average Bonchev–Trinajstić information content (AvgIpc) is 2.58. The van der Waals surface area contributed by atoms with Crippen LogP contribution in [0.5, 0.6) is 5.75 Å². The summed E-state index contributed by atoms with van der Waals surface area (Å²) in [6, 6.07) is 0. The molecule has 0 radical (unpaired) electrons. The number of hydrogen-bond acceptors (Lipinski definition) is 4. The summed E-state index contributed by atoms with van der Waals surface area (Å²) in [4.78, 5) is 11.7. The van der Waals surface area contributed by atoms with Gasteiger partial charge in [0.2, 0.25) is 0 Å². The topological polar surface area (TPSA) is 76.4 Å². The lowest BCUT2D eigenvalue weighted by Crippen LogP contribution is -2.33. The van der Waals surface area contributed by atoms with Crippen LogP contribution in [0.3, 0.4) is 0 Å². The third-order valence-electron chi connectivity index (χ3n) is 3.18. The lowest BCUT2D eigenvalue weighted by atomic mass is 10.1. The molecule has 2 unspecified atom stereocenters. The minimum absolute atomic E-state index is 0.0191. The number of amides is 1. The quantitative estimate of drug-likeness (QED) is 0.781. The molecule has 0 aliphatic carbocycles. The standard InChI is InChI=1S/C14H25N3O3/c1-9(6-10(2)18)7-15-13(19)8-20-14-11(3)16-17(5)12(14)4/h9-10,18H,6-8H2,1-5H3,(H,15,19). The van der Waals surface area contributed by atoms with Gasteiger partial charge < -0.3 is 15.2 Å². The fourth-order valence-electron chi connectivity index (χ4n) is 2.11. The number of aliphatic hydroxyl groups excluding tert-OH is 1. The fraction of sp³-hybridized carbons (Fsp3) is 0.714. The normalized spacial score (nSPS) is 13.9. The van der Waals surface area contributed by atoms with Crippen molar-refractivity contribution in [3.05, 3.63) is 11.4 Å². The molecule has 0 bridgehead atoms. The Balaban J connectivity index is 2.36. The van der Waals surface area contributed by atoms with Gasteiger partial charge in [0.1, 0.15) is 5.69 Å². The van der Waals surface area contributed by atoms with Crippen molar-refractivity contribution in [3.8, 4) is 5.75 Å². The maximum Gasteiger partial charge on any atom is 0.257 e. The summed E-state index contributed by atoms with van der Waals surface area (Å²) in [5.74, 6) is 0.741. The van der Waals surface area contributed by atoms with E-state index in [4.69, 9.17) is 4.74 Å². The molecule has 0 aliphatic heterocycles. The zero-order valence-corrected chi connectivity index (χ0v) is 12.9. The Morgan fingerprint density at radius 2 is 2.10 bits per heavy atom. The minimum atomic E-state index is -0.348. The number of aromatic nitrogens is 2. The van der Waals surface area contributed by atoms with Gasteiger partial charge in [0, 0.05) is 13.6 Å². The van der Waals surface area contributed by atoms with E-state index in [1.165, 1.54) is 0 Å². The second-order valence-corrected chi connectivity index (χ2v) is 5.41. The van der Waals surface area contributed by atoms with Crippen LogP contribution >= 0.6 is 0 Å². The van der Waals surface area contributed by atoms with Crippen molar-refractivity contribution in [1.82, 2.24) is 15.1 Å². The van der Waals surface area contributed by atoms with E-state index in [0.29, 0.717) is 18.7 Å². The van der Waals surface area contributed by atoms with Gasteiger partial charge in [-0.15, -0.1) is 0 Å². The van der Waals surface area contributed by atoms with E-state index in [1.807, 2.05) is 27.8 Å². The van der Waals surface area contributed by atoms with Gasteiger partial charge in [-0.2, -0.15) is 5.10 Å².